The summed E-state index contributed by atoms with van der Waals surface area (Å²) < 4.78 is 0. The van der Waals surface area contributed by atoms with E-state index in [0.29, 0.717) is 33.7 Å². The molecule has 132 valence electrons. The normalized spacial score (nSPS) is 20.2. The number of carboxylic acid groups (broad SMARTS) is 1. The maximum Gasteiger partial charge on any atom is 0.307 e. The molecule has 2 aromatic rings. The van der Waals surface area contributed by atoms with Crippen LogP contribution in [0.2, 0.25) is 10.0 Å². The number of carbonyl (C=O) groups excluding carboxylic acids is 1. The summed E-state index contributed by atoms with van der Waals surface area (Å²) in [5.41, 5.74) is 1.37. The van der Waals surface area contributed by atoms with Crippen molar-refractivity contribution >= 4 is 51.5 Å². The van der Waals surface area contributed by atoms with Gasteiger partial charge in [-0.3, -0.25) is 9.59 Å². The third-order valence-corrected chi connectivity index (χ3v) is 5.67. The Bertz CT molecular complexity index is 809. The first kappa shape index (κ1) is 18.2. The van der Waals surface area contributed by atoms with Gasteiger partial charge in [0.05, 0.1) is 22.6 Å². The molecule has 2 N–H and O–H groups in total. The summed E-state index contributed by atoms with van der Waals surface area (Å²) >= 11 is 13.4. The molecule has 0 unspecified atom stereocenters. The average molecular weight is 399 g/mol. The summed E-state index contributed by atoms with van der Waals surface area (Å²) in [6.45, 7) is 0. The first-order chi connectivity index (χ1) is 12.0. The van der Waals surface area contributed by atoms with Gasteiger partial charge in [0.2, 0.25) is 5.91 Å². The summed E-state index contributed by atoms with van der Waals surface area (Å²) in [6, 6.07) is 5.13. The van der Waals surface area contributed by atoms with Gasteiger partial charge in [0, 0.05) is 16.0 Å². The second-order valence-electron chi connectivity index (χ2n) is 5.99. The number of nitrogens with zero attached hydrogens (tertiary/aromatic N) is 1. The lowest BCUT2D eigenvalue weighted by molar-refractivity contribution is -0.147. The zero-order chi connectivity index (χ0) is 18.0. The van der Waals surface area contributed by atoms with Gasteiger partial charge in [-0.15, -0.1) is 11.3 Å². The van der Waals surface area contributed by atoms with Crippen molar-refractivity contribution in [3.63, 3.8) is 0 Å². The smallest absolute Gasteiger partial charge is 0.307 e. The Morgan fingerprint density at radius 3 is 2.60 bits per heavy atom. The molecule has 1 aromatic heterocycles. The number of anilines is 1. The molecule has 3 rings (SSSR count). The predicted octanol–water partition coefficient (Wildman–Crippen LogP) is 4.95. The summed E-state index contributed by atoms with van der Waals surface area (Å²) in [6.07, 6.45) is 2.84. The van der Waals surface area contributed by atoms with E-state index in [0.717, 1.165) is 18.4 Å². The van der Waals surface area contributed by atoms with Gasteiger partial charge in [0.1, 0.15) is 0 Å². The van der Waals surface area contributed by atoms with E-state index in [4.69, 9.17) is 23.2 Å². The molecule has 1 aliphatic carbocycles. The minimum atomic E-state index is -0.910. The largest absolute Gasteiger partial charge is 0.481 e. The molecule has 0 radical (unpaired) electrons. The molecule has 25 heavy (non-hydrogen) atoms. The maximum atomic E-state index is 12.5. The molecule has 0 saturated heterocycles. The fourth-order valence-electron chi connectivity index (χ4n) is 3.09. The van der Waals surface area contributed by atoms with Crippen LogP contribution in [-0.4, -0.2) is 22.0 Å². The first-order valence-electron chi connectivity index (χ1n) is 7.90. The molecular weight excluding hydrogens is 383 g/mol. The third-order valence-electron chi connectivity index (χ3n) is 4.36. The second kappa shape index (κ2) is 7.72. The van der Waals surface area contributed by atoms with E-state index in [-0.39, 0.29) is 5.91 Å². The van der Waals surface area contributed by atoms with Gasteiger partial charge in [-0.2, -0.15) is 0 Å². The fourth-order valence-corrected chi connectivity index (χ4v) is 4.31. The lowest BCUT2D eigenvalue weighted by Crippen LogP contribution is -2.36. The lowest BCUT2D eigenvalue weighted by atomic mass is 9.79. The highest BCUT2D eigenvalue weighted by Crippen LogP contribution is 2.34. The Morgan fingerprint density at radius 2 is 1.92 bits per heavy atom. The minimum absolute atomic E-state index is 0.282. The first-order valence-corrected chi connectivity index (χ1v) is 9.54. The van der Waals surface area contributed by atoms with Crippen molar-refractivity contribution in [2.45, 2.75) is 25.7 Å². The molecule has 1 heterocycles. The highest BCUT2D eigenvalue weighted by molar-refractivity contribution is 7.14. The maximum absolute atomic E-state index is 12.5. The van der Waals surface area contributed by atoms with Gasteiger partial charge in [0.15, 0.2) is 5.13 Å². The van der Waals surface area contributed by atoms with E-state index in [1.54, 1.807) is 23.6 Å². The van der Waals surface area contributed by atoms with E-state index in [2.05, 4.69) is 10.3 Å². The molecule has 1 saturated carbocycles. The number of benzene rings is 1. The Kier molecular flexibility index (Phi) is 5.61. The molecule has 5 nitrogen and oxygen atoms in total. The minimum Gasteiger partial charge on any atom is -0.481 e. The van der Waals surface area contributed by atoms with Crippen LogP contribution in [0.4, 0.5) is 5.13 Å². The molecule has 0 aliphatic heterocycles. The Hall–Kier alpha value is -1.63. The van der Waals surface area contributed by atoms with Gasteiger partial charge in [-0.1, -0.05) is 36.0 Å². The van der Waals surface area contributed by atoms with Crippen LogP contribution in [0.1, 0.15) is 25.7 Å². The van der Waals surface area contributed by atoms with Crippen molar-refractivity contribution < 1.29 is 14.7 Å². The fraction of sp³-hybridized carbons (Fsp3) is 0.353. The van der Waals surface area contributed by atoms with Crippen LogP contribution in [0.3, 0.4) is 0 Å². The number of aromatic nitrogens is 1. The van der Waals surface area contributed by atoms with Gasteiger partial charge in [0.25, 0.3) is 0 Å². The van der Waals surface area contributed by atoms with Gasteiger partial charge in [-0.25, -0.2) is 4.98 Å². The average Bonchev–Trinajstić information content (AvgIpc) is 3.02. The molecule has 1 aliphatic rings. The third kappa shape index (κ3) is 4.14. The van der Waals surface area contributed by atoms with E-state index in [1.165, 1.54) is 11.3 Å². The zero-order valence-electron chi connectivity index (χ0n) is 13.2. The summed E-state index contributed by atoms with van der Waals surface area (Å²) in [5.74, 6) is -2.33. The molecule has 2 atom stereocenters. The van der Waals surface area contributed by atoms with Crippen molar-refractivity contribution in [3.8, 4) is 11.3 Å². The topological polar surface area (TPSA) is 79.3 Å². The van der Waals surface area contributed by atoms with Gasteiger partial charge >= 0.3 is 5.97 Å². The van der Waals surface area contributed by atoms with Gasteiger partial charge < -0.3 is 10.4 Å². The number of hydrogen-bond acceptors (Lipinski definition) is 4. The number of hydrogen-bond donors (Lipinski definition) is 2. The molecule has 0 spiro atoms. The van der Waals surface area contributed by atoms with Crippen LogP contribution in [0, 0.1) is 11.8 Å². The van der Waals surface area contributed by atoms with Crippen molar-refractivity contribution in [2.75, 3.05) is 5.32 Å². The van der Waals surface area contributed by atoms with Crippen molar-refractivity contribution in [3.05, 3.63) is 33.6 Å². The standard InChI is InChI=1S/C17H16Cl2N2O3S/c18-9-5-6-12(13(19)7-9)14-8-25-17(20-14)21-15(22)10-3-1-2-4-11(10)16(23)24/h5-8,10-11H,1-4H2,(H,23,24)(H,20,21,22)/t10-,11-/m1/s1. The van der Waals surface area contributed by atoms with E-state index < -0.39 is 17.8 Å². The monoisotopic (exact) mass is 398 g/mol. The summed E-state index contributed by atoms with van der Waals surface area (Å²) in [4.78, 5) is 28.2. The number of aliphatic carboxylic acids is 1. The van der Waals surface area contributed by atoms with Crippen LogP contribution in [0.5, 0.6) is 0 Å². The van der Waals surface area contributed by atoms with Crippen molar-refractivity contribution in [2.24, 2.45) is 11.8 Å². The van der Waals surface area contributed by atoms with Crippen LogP contribution in [0.15, 0.2) is 23.6 Å². The lowest BCUT2D eigenvalue weighted by Gasteiger charge is -2.26. The molecule has 1 aromatic carbocycles. The van der Waals surface area contributed by atoms with Crippen LogP contribution >= 0.6 is 34.5 Å². The van der Waals surface area contributed by atoms with Crippen LogP contribution < -0.4 is 5.32 Å². The number of carbonyl (C=O) groups is 2. The highest BCUT2D eigenvalue weighted by atomic mass is 35.5. The van der Waals surface area contributed by atoms with Crippen molar-refractivity contribution in [1.82, 2.24) is 4.98 Å². The molecule has 0 bridgehead atoms. The SMILES string of the molecule is O=C(O)[C@@H]1CCCC[C@H]1C(=O)Nc1nc(-c2ccc(Cl)cc2Cl)cs1. The van der Waals surface area contributed by atoms with E-state index >= 15 is 0 Å². The highest BCUT2D eigenvalue weighted by Gasteiger charge is 2.36. The van der Waals surface area contributed by atoms with Gasteiger partial charge in [-0.05, 0) is 31.0 Å². The molecular formula is C17H16Cl2N2O3S. The zero-order valence-corrected chi connectivity index (χ0v) is 15.5. The Morgan fingerprint density at radius 1 is 1.20 bits per heavy atom. The number of amides is 1. The van der Waals surface area contributed by atoms with E-state index in [9.17, 15) is 14.7 Å². The molecule has 8 heteroatoms. The quantitative estimate of drug-likeness (QED) is 0.763. The number of halogens is 2. The molecule has 1 fully saturated rings. The summed E-state index contributed by atoms with van der Waals surface area (Å²) in [5, 5.41) is 15.3. The second-order valence-corrected chi connectivity index (χ2v) is 7.69. The number of rotatable bonds is 4. The molecule has 1 amide bonds. The Balaban J connectivity index is 1.74. The predicted molar refractivity (Wildman–Crippen MR) is 99.3 cm³/mol. The number of thiazole rings is 1. The van der Waals surface area contributed by atoms with E-state index in [1.807, 2.05) is 0 Å². The number of nitrogens with one attached hydrogen (secondary N) is 1. The van der Waals surface area contributed by atoms with Crippen molar-refractivity contribution in [1.29, 1.82) is 0 Å². The Labute approximate surface area is 159 Å². The van der Waals surface area contributed by atoms with Crippen LogP contribution in [0.25, 0.3) is 11.3 Å². The summed E-state index contributed by atoms with van der Waals surface area (Å²) in [7, 11) is 0. The number of carboxylic acids is 1. The van der Waals surface area contributed by atoms with Crippen LogP contribution in [-0.2, 0) is 9.59 Å².